The molecule has 2 aliphatic rings. The summed E-state index contributed by atoms with van der Waals surface area (Å²) in [6.07, 6.45) is 1.33. The summed E-state index contributed by atoms with van der Waals surface area (Å²) in [5.41, 5.74) is 1.44. The summed E-state index contributed by atoms with van der Waals surface area (Å²) in [7, 11) is 0. The van der Waals surface area contributed by atoms with Crippen LogP contribution in [-0.2, 0) is 41.7 Å². The lowest BCUT2D eigenvalue weighted by Crippen LogP contribution is -2.53. The van der Waals surface area contributed by atoms with Gasteiger partial charge in [-0.15, -0.1) is 0 Å². The number of carbonyl (C=O) groups excluding carboxylic acids is 5. The van der Waals surface area contributed by atoms with Gasteiger partial charge in [-0.05, 0) is 59.7 Å². The van der Waals surface area contributed by atoms with E-state index in [1.54, 1.807) is 25.1 Å². The van der Waals surface area contributed by atoms with Crippen LogP contribution in [0.5, 0.6) is 0 Å². The summed E-state index contributed by atoms with van der Waals surface area (Å²) in [6.45, 7) is 2.57. The Balaban J connectivity index is 1.35. The molecule has 0 aliphatic carbocycles. The maximum absolute atomic E-state index is 14.6. The van der Waals surface area contributed by atoms with Crippen molar-refractivity contribution in [1.29, 1.82) is 0 Å². The number of rotatable bonds is 12. The van der Waals surface area contributed by atoms with Crippen LogP contribution in [0, 0.1) is 17.6 Å². The normalized spacial score (nSPS) is 16.3. The zero-order valence-electron chi connectivity index (χ0n) is 27.1. The first kappa shape index (κ1) is 35.1. The number of anilines is 2. The first-order chi connectivity index (χ1) is 23.6. The lowest BCUT2D eigenvalue weighted by molar-refractivity contribution is -0.144. The number of amides is 5. The number of carbonyl (C=O) groups is 5. The van der Waals surface area contributed by atoms with Crippen LogP contribution in [0.2, 0.25) is 0 Å². The Morgan fingerprint density at radius 2 is 1.59 bits per heavy atom. The molecule has 3 aromatic rings. The number of ether oxygens (including phenoxy) is 1. The quantitative estimate of drug-likeness (QED) is 0.229. The summed E-state index contributed by atoms with van der Waals surface area (Å²) in [5, 5.41) is 10.6. The number of para-hydroxylation sites is 1. The van der Waals surface area contributed by atoms with E-state index in [9.17, 15) is 32.8 Å². The minimum Gasteiger partial charge on any atom is -0.381 e. The van der Waals surface area contributed by atoms with E-state index < -0.39 is 47.1 Å². The Morgan fingerprint density at radius 1 is 0.878 bits per heavy atom. The molecule has 0 aromatic heterocycles. The maximum atomic E-state index is 14.6. The molecule has 13 heteroatoms. The van der Waals surface area contributed by atoms with Gasteiger partial charge in [0.05, 0.1) is 6.42 Å². The van der Waals surface area contributed by atoms with Crippen molar-refractivity contribution in [3.63, 3.8) is 0 Å². The molecule has 2 aliphatic heterocycles. The van der Waals surface area contributed by atoms with Gasteiger partial charge in [0.25, 0.3) is 5.91 Å². The molecule has 0 bridgehead atoms. The van der Waals surface area contributed by atoms with Crippen LogP contribution < -0.4 is 21.3 Å². The summed E-state index contributed by atoms with van der Waals surface area (Å²) in [4.78, 5) is 67.0. The van der Waals surface area contributed by atoms with Crippen LogP contribution in [0.15, 0.2) is 66.7 Å². The molecule has 3 aromatic carbocycles. The predicted molar refractivity (Wildman–Crippen MR) is 177 cm³/mol. The standard InChI is InChI=1S/C36H39F2N5O6/c1-2-29(44)41-32(23-14-17-49-18-15-23)36(48)43-21-24-11-12-25(40-30(45)13-16-39-31(46)19-22-7-4-3-5-8-22)20-26(24)34(43)35(47)42-33-27(37)9-6-10-28(33)38/h3-12,20,23,32,34H,2,13-19,21H2,1H3,(H,39,46)(H,40,45)(H,41,44)(H,42,47)/t32-,34-/m0/s1. The first-order valence-electron chi connectivity index (χ1n) is 16.3. The highest BCUT2D eigenvalue weighted by molar-refractivity contribution is 6.01. The van der Waals surface area contributed by atoms with Gasteiger partial charge in [-0.25, -0.2) is 8.78 Å². The molecule has 2 atom stereocenters. The Labute approximate surface area is 282 Å². The molecule has 1 fully saturated rings. The second kappa shape index (κ2) is 16.3. The van der Waals surface area contributed by atoms with Crippen molar-refractivity contribution in [3.05, 3.63) is 95.1 Å². The Morgan fingerprint density at radius 3 is 2.29 bits per heavy atom. The van der Waals surface area contributed by atoms with Crippen LogP contribution in [0.25, 0.3) is 0 Å². The average Bonchev–Trinajstić information content (AvgIpc) is 3.48. The van der Waals surface area contributed by atoms with E-state index in [2.05, 4.69) is 21.3 Å². The molecule has 11 nitrogen and oxygen atoms in total. The van der Waals surface area contributed by atoms with Crippen molar-refractivity contribution in [3.8, 4) is 0 Å². The van der Waals surface area contributed by atoms with Crippen molar-refractivity contribution in [2.75, 3.05) is 30.4 Å². The van der Waals surface area contributed by atoms with Crippen LogP contribution in [-0.4, -0.2) is 60.2 Å². The smallest absolute Gasteiger partial charge is 0.252 e. The highest BCUT2D eigenvalue weighted by Gasteiger charge is 2.44. The van der Waals surface area contributed by atoms with Crippen LogP contribution in [0.4, 0.5) is 20.2 Å². The van der Waals surface area contributed by atoms with Gasteiger partial charge < -0.3 is 30.9 Å². The minimum atomic E-state index is -1.34. The number of hydrogen-bond acceptors (Lipinski definition) is 6. The lowest BCUT2D eigenvalue weighted by atomic mass is 9.90. The number of fused-ring (bicyclic) bond motifs is 1. The number of nitrogens with one attached hydrogen (secondary N) is 4. The number of hydrogen-bond donors (Lipinski definition) is 4. The summed E-state index contributed by atoms with van der Waals surface area (Å²) in [6, 6.07) is 14.9. The molecule has 258 valence electrons. The van der Waals surface area contributed by atoms with Crippen molar-refractivity contribution < 1.29 is 37.5 Å². The van der Waals surface area contributed by atoms with E-state index in [0.717, 1.165) is 17.7 Å². The number of nitrogens with zero attached hydrogens (tertiary/aromatic N) is 1. The maximum Gasteiger partial charge on any atom is 0.252 e. The fourth-order valence-electron chi connectivity index (χ4n) is 6.08. The van der Waals surface area contributed by atoms with Crippen molar-refractivity contribution in [2.24, 2.45) is 5.92 Å². The molecule has 2 heterocycles. The molecule has 0 unspecified atom stereocenters. The van der Waals surface area contributed by atoms with E-state index in [4.69, 9.17) is 4.74 Å². The van der Waals surface area contributed by atoms with Crippen molar-refractivity contribution >= 4 is 40.9 Å². The molecular formula is C36H39F2N5O6. The fourth-order valence-corrected chi connectivity index (χ4v) is 6.08. The second-order valence-electron chi connectivity index (χ2n) is 12.0. The third-order valence-electron chi connectivity index (χ3n) is 8.64. The van der Waals surface area contributed by atoms with Crippen LogP contribution in [0.1, 0.15) is 55.3 Å². The summed E-state index contributed by atoms with van der Waals surface area (Å²) < 4.78 is 34.7. The highest BCUT2D eigenvalue weighted by Crippen LogP contribution is 2.38. The number of benzene rings is 3. The largest absolute Gasteiger partial charge is 0.381 e. The molecule has 0 spiro atoms. The van der Waals surface area contributed by atoms with Gasteiger partial charge >= 0.3 is 0 Å². The Bertz CT molecular complexity index is 1680. The Kier molecular flexibility index (Phi) is 11.7. The molecule has 0 saturated carbocycles. The molecule has 1 saturated heterocycles. The third kappa shape index (κ3) is 8.85. The van der Waals surface area contributed by atoms with E-state index in [0.29, 0.717) is 42.9 Å². The second-order valence-corrected chi connectivity index (χ2v) is 12.0. The van der Waals surface area contributed by atoms with Gasteiger partial charge in [0.1, 0.15) is 29.4 Å². The average molecular weight is 676 g/mol. The number of halogens is 2. The zero-order valence-corrected chi connectivity index (χ0v) is 27.1. The van der Waals surface area contributed by atoms with Crippen molar-refractivity contribution in [1.82, 2.24) is 15.5 Å². The SMILES string of the molecule is CCC(=O)N[C@H](C(=O)N1Cc2ccc(NC(=O)CCNC(=O)Cc3ccccc3)cc2[C@H]1C(=O)Nc1c(F)cccc1F)C1CCOCC1. The van der Waals surface area contributed by atoms with E-state index in [1.807, 2.05) is 30.3 Å². The van der Waals surface area contributed by atoms with Gasteiger partial charge in [0.2, 0.25) is 23.6 Å². The molecule has 5 rings (SSSR count). The predicted octanol–water partition coefficient (Wildman–Crippen LogP) is 4.00. The van der Waals surface area contributed by atoms with Gasteiger partial charge in [0, 0.05) is 44.8 Å². The van der Waals surface area contributed by atoms with Crippen LogP contribution in [0.3, 0.4) is 0 Å². The highest BCUT2D eigenvalue weighted by atomic mass is 19.1. The van der Waals surface area contributed by atoms with E-state index >= 15 is 0 Å². The van der Waals surface area contributed by atoms with Gasteiger partial charge in [-0.2, -0.15) is 0 Å². The van der Waals surface area contributed by atoms with Crippen LogP contribution >= 0.6 is 0 Å². The van der Waals surface area contributed by atoms with E-state index in [-0.39, 0.29) is 50.1 Å². The Hall–Kier alpha value is -5.17. The summed E-state index contributed by atoms with van der Waals surface area (Å²) >= 11 is 0. The minimum absolute atomic E-state index is 0.0185. The van der Waals surface area contributed by atoms with Gasteiger partial charge in [-0.3, -0.25) is 24.0 Å². The van der Waals surface area contributed by atoms with E-state index in [1.165, 1.54) is 11.0 Å². The third-order valence-corrected chi connectivity index (χ3v) is 8.64. The molecule has 0 radical (unpaired) electrons. The molecule has 49 heavy (non-hydrogen) atoms. The monoisotopic (exact) mass is 675 g/mol. The molecular weight excluding hydrogens is 636 g/mol. The first-order valence-corrected chi connectivity index (χ1v) is 16.3. The molecule has 4 N–H and O–H groups in total. The topological polar surface area (TPSA) is 146 Å². The zero-order chi connectivity index (χ0) is 34.9. The summed E-state index contributed by atoms with van der Waals surface area (Å²) in [5.74, 6) is -4.58. The van der Waals surface area contributed by atoms with Gasteiger partial charge in [-0.1, -0.05) is 49.4 Å². The van der Waals surface area contributed by atoms with Gasteiger partial charge in [0.15, 0.2) is 0 Å². The fraction of sp³-hybridized carbons (Fsp3) is 0.361. The lowest BCUT2D eigenvalue weighted by Gasteiger charge is -2.34. The molecule has 5 amide bonds. The van der Waals surface area contributed by atoms with Crippen molar-refractivity contribution in [2.45, 2.75) is 57.7 Å².